The van der Waals surface area contributed by atoms with Crippen LogP contribution >= 0.6 is 0 Å². The summed E-state index contributed by atoms with van der Waals surface area (Å²) in [6.45, 7) is 3.10. The number of aromatic nitrogens is 5. The lowest BCUT2D eigenvalue weighted by Gasteiger charge is -2.09. The lowest BCUT2D eigenvalue weighted by molar-refractivity contribution is -0.136. The number of hydrogen-bond acceptors (Lipinski definition) is 6. The summed E-state index contributed by atoms with van der Waals surface area (Å²) in [7, 11) is 0. The van der Waals surface area contributed by atoms with Gasteiger partial charge in [0, 0.05) is 22.2 Å². The fourth-order valence-corrected chi connectivity index (χ4v) is 3.28. The average Bonchev–Trinajstić information content (AvgIpc) is 3.32. The molecule has 0 fully saturated rings. The number of carbonyl (C=O) groups excluding carboxylic acids is 2. The van der Waals surface area contributed by atoms with Gasteiger partial charge in [-0.2, -0.15) is 4.68 Å². The van der Waals surface area contributed by atoms with Crippen molar-refractivity contribution in [2.24, 2.45) is 0 Å². The highest BCUT2D eigenvalue weighted by atomic mass is 16.5. The molecule has 2 aromatic carbocycles. The Morgan fingerprint density at radius 3 is 2.53 bits per heavy atom. The molecule has 0 spiro atoms. The van der Waals surface area contributed by atoms with Crippen LogP contribution in [-0.2, 0) is 9.53 Å². The Balaban J connectivity index is 1.59. The van der Waals surface area contributed by atoms with Crippen molar-refractivity contribution in [3.63, 3.8) is 0 Å². The number of esters is 1. The quantitative estimate of drug-likeness (QED) is 0.302. The molecule has 4 aromatic rings. The molecule has 0 saturated carbocycles. The van der Waals surface area contributed by atoms with Crippen LogP contribution in [0.2, 0.25) is 0 Å². The SMILES string of the molecule is Cc1[nH]c2ccccc2c1C(=O)COC(=O)/C(=C/c1ccccc1)n1nnnc1C. The fraction of sp³-hybridized carbons (Fsp3) is 0.136. The third-order valence-electron chi connectivity index (χ3n) is 4.67. The summed E-state index contributed by atoms with van der Waals surface area (Å²) in [5, 5.41) is 12.1. The number of rotatable bonds is 6. The summed E-state index contributed by atoms with van der Waals surface area (Å²) in [6.07, 6.45) is 1.62. The third kappa shape index (κ3) is 3.75. The van der Waals surface area contributed by atoms with Gasteiger partial charge in [-0.05, 0) is 42.0 Å². The molecule has 30 heavy (non-hydrogen) atoms. The number of benzene rings is 2. The maximum absolute atomic E-state index is 12.9. The molecule has 0 aliphatic heterocycles. The zero-order chi connectivity index (χ0) is 21.1. The third-order valence-corrected chi connectivity index (χ3v) is 4.67. The Labute approximate surface area is 172 Å². The number of aryl methyl sites for hydroxylation is 2. The predicted octanol–water partition coefficient (Wildman–Crippen LogP) is 3.20. The van der Waals surface area contributed by atoms with E-state index in [1.165, 1.54) is 4.68 Å². The monoisotopic (exact) mass is 401 g/mol. The van der Waals surface area contributed by atoms with Gasteiger partial charge in [0.15, 0.2) is 18.1 Å². The van der Waals surface area contributed by atoms with E-state index in [0.29, 0.717) is 11.4 Å². The second-order valence-corrected chi connectivity index (χ2v) is 6.75. The van der Waals surface area contributed by atoms with E-state index in [-0.39, 0.29) is 11.5 Å². The zero-order valence-corrected chi connectivity index (χ0v) is 16.5. The first kappa shape index (κ1) is 19.3. The number of ketones is 1. The van der Waals surface area contributed by atoms with Crippen molar-refractivity contribution < 1.29 is 14.3 Å². The van der Waals surface area contributed by atoms with E-state index < -0.39 is 12.6 Å². The number of nitrogens with one attached hydrogen (secondary N) is 1. The largest absolute Gasteiger partial charge is 0.453 e. The van der Waals surface area contributed by atoms with E-state index >= 15 is 0 Å². The number of hydrogen-bond donors (Lipinski definition) is 1. The Kier molecular flexibility index (Phi) is 5.21. The minimum Gasteiger partial charge on any atom is -0.453 e. The van der Waals surface area contributed by atoms with Crippen molar-refractivity contribution >= 4 is 34.4 Å². The van der Waals surface area contributed by atoms with Crippen LogP contribution in [0.4, 0.5) is 0 Å². The molecule has 150 valence electrons. The van der Waals surface area contributed by atoms with Gasteiger partial charge in [-0.15, -0.1) is 5.10 Å². The van der Waals surface area contributed by atoms with Crippen LogP contribution < -0.4 is 0 Å². The van der Waals surface area contributed by atoms with E-state index in [9.17, 15) is 9.59 Å². The van der Waals surface area contributed by atoms with Gasteiger partial charge >= 0.3 is 5.97 Å². The number of aromatic amines is 1. The zero-order valence-electron chi connectivity index (χ0n) is 16.5. The first-order valence-corrected chi connectivity index (χ1v) is 9.34. The molecule has 0 atom stereocenters. The number of Topliss-reactive ketones (excluding diaryl/α,β-unsaturated/α-hetero) is 1. The Morgan fingerprint density at radius 1 is 1.07 bits per heavy atom. The molecule has 2 heterocycles. The second-order valence-electron chi connectivity index (χ2n) is 6.75. The van der Waals surface area contributed by atoms with Crippen molar-refractivity contribution in [1.29, 1.82) is 0 Å². The first-order chi connectivity index (χ1) is 14.5. The molecule has 0 saturated heterocycles. The van der Waals surface area contributed by atoms with Crippen LogP contribution in [0, 0.1) is 13.8 Å². The van der Waals surface area contributed by atoms with Crippen molar-refractivity contribution in [3.05, 3.63) is 77.2 Å². The van der Waals surface area contributed by atoms with Crippen molar-refractivity contribution in [1.82, 2.24) is 25.2 Å². The summed E-state index contributed by atoms with van der Waals surface area (Å²) in [5.41, 5.74) is 3.00. The Hall–Kier alpha value is -4.07. The number of H-pyrrole nitrogens is 1. The standard InChI is InChI=1S/C22H19N5O3/c1-14-21(17-10-6-7-11-18(17)23-14)20(28)13-30-22(29)19(27-15(2)24-25-26-27)12-16-8-4-3-5-9-16/h3-12,23H,13H2,1-2H3/b19-12-. The van der Waals surface area contributed by atoms with Crippen LogP contribution in [-0.4, -0.2) is 43.6 Å². The van der Waals surface area contributed by atoms with Crippen LogP contribution in [0.15, 0.2) is 54.6 Å². The van der Waals surface area contributed by atoms with Gasteiger partial charge in [0.1, 0.15) is 0 Å². The van der Waals surface area contributed by atoms with Crippen molar-refractivity contribution in [3.8, 4) is 0 Å². The molecule has 0 aliphatic carbocycles. The molecule has 0 unspecified atom stereocenters. The minimum absolute atomic E-state index is 0.118. The maximum Gasteiger partial charge on any atom is 0.357 e. The van der Waals surface area contributed by atoms with Gasteiger partial charge in [-0.3, -0.25) is 4.79 Å². The van der Waals surface area contributed by atoms with Gasteiger partial charge in [-0.1, -0.05) is 48.5 Å². The van der Waals surface area contributed by atoms with Crippen molar-refractivity contribution in [2.75, 3.05) is 6.61 Å². The van der Waals surface area contributed by atoms with Crippen LogP contribution in [0.25, 0.3) is 22.7 Å². The normalized spacial score (nSPS) is 11.6. The van der Waals surface area contributed by atoms with Crippen molar-refractivity contribution in [2.45, 2.75) is 13.8 Å². The van der Waals surface area contributed by atoms with E-state index in [1.807, 2.05) is 61.5 Å². The lowest BCUT2D eigenvalue weighted by atomic mass is 10.1. The Bertz CT molecular complexity index is 1250. The summed E-state index contributed by atoms with van der Waals surface area (Å²) in [4.78, 5) is 28.8. The maximum atomic E-state index is 12.9. The summed E-state index contributed by atoms with van der Waals surface area (Å²) in [5.74, 6) is -0.557. The number of tetrazole rings is 1. The first-order valence-electron chi connectivity index (χ1n) is 9.34. The predicted molar refractivity (Wildman–Crippen MR) is 111 cm³/mol. The molecular formula is C22H19N5O3. The topological polar surface area (TPSA) is 103 Å². The summed E-state index contributed by atoms with van der Waals surface area (Å²) in [6, 6.07) is 16.8. The molecule has 8 nitrogen and oxygen atoms in total. The summed E-state index contributed by atoms with van der Waals surface area (Å²) >= 11 is 0. The van der Waals surface area contributed by atoms with Gasteiger partial charge in [-0.25, -0.2) is 4.79 Å². The number of para-hydroxylation sites is 1. The number of nitrogens with zero attached hydrogens (tertiary/aromatic N) is 4. The van der Waals surface area contributed by atoms with E-state index in [4.69, 9.17) is 4.74 Å². The van der Waals surface area contributed by atoms with E-state index in [2.05, 4.69) is 20.5 Å². The Morgan fingerprint density at radius 2 is 1.80 bits per heavy atom. The fourth-order valence-electron chi connectivity index (χ4n) is 3.28. The van der Waals surface area contributed by atoms with Gasteiger partial charge in [0.05, 0.1) is 0 Å². The number of fused-ring (bicyclic) bond motifs is 1. The van der Waals surface area contributed by atoms with Crippen LogP contribution in [0.5, 0.6) is 0 Å². The van der Waals surface area contributed by atoms with Gasteiger partial charge < -0.3 is 9.72 Å². The van der Waals surface area contributed by atoms with Gasteiger partial charge in [0.2, 0.25) is 5.78 Å². The smallest absolute Gasteiger partial charge is 0.357 e. The minimum atomic E-state index is -0.694. The summed E-state index contributed by atoms with van der Waals surface area (Å²) < 4.78 is 6.65. The molecule has 2 aromatic heterocycles. The van der Waals surface area contributed by atoms with Gasteiger partial charge in [0.25, 0.3) is 0 Å². The molecule has 0 amide bonds. The average molecular weight is 401 g/mol. The molecular weight excluding hydrogens is 382 g/mol. The highest BCUT2D eigenvalue weighted by Crippen LogP contribution is 2.22. The highest BCUT2D eigenvalue weighted by Gasteiger charge is 2.21. The lowest BCUT2D eigenvalue weighted by Crippen LogP contribution is -2.19. The number of carbonyl (C=O) groups is 2. The second kappa shape index (κ2) is 8.12. The molecule has 1 N–H and O–H groups in total. The molecule has 4 rings (SSSR count). The molecule has 0 radical (unpaired) electrons. The van der Waals surface area contributed by atoms with E-state index in [0.717, 1.165) is 22.2 Å². The van der Waals surface area contributed by atoms with Crippen LogP contribution in [0.1, 0.15) is 27.4 Å². The number of ether oxygens (including phenoxy) is 1. The molecule has 8 heteroatoms. The molecule has 0 aliphatic rings. The highest BCUT2D eigenvalue weighted by molar-refractivity contribution is 6.16. The van der Waals surface area contributed by atoms with Crippen LogP contribution in [0.3, 0.4) is 0 Å². The molecule has 0 bridgehead atoms. The van der Waals surface area contributed by atoms with E-state index in [1.54, 1.807) is 13.0 Å².